The summed E-state index contributed by atoms with van der Waals surface area (Å²) in [7, 11) is 0. The van der Waals surface area contributed by atoms with E-state index < -0.39 is 0 Å². The fourth-order valence-corrected chi connectivity index (χ4v) is 4.79. The van der Waals surface area contributed by atoms with Gasteiger partial charge in [-0.15, -0.1) is 11.8 Å². The van der Waals surface area contributed by atoms with Crippen molar-refractivity contribution in [3.63, 3.8) is 0 Å². The van der Waals surface area contributed by atoms with Gasteiger partial charge in [0.15, 0.2) is 0 Å². The summed E-state index contributed by atoms with van der Waals surface area (Å²) in [6.07, 6.45) is 9.53. The van der Waals surface area contributed by atoms with Gasteiger partial charge in [-0.2, -0.15) is 0 Å². The van der Waals surface area contributed by atoms with E-state index in [1.54, 1.807) is 0 Å². The summed E-state index contributed by atoms with van der Waals surface area (Å²) in [4.78, 5) is 13.4. The molecule has 1 aliphatic carbocycles. The lowest BCUT2D eigenvalue weighted by Gasteiger charge is -2.22. The molecule has 0 radical (unpaired) electrons. The van der Waals surface area contributed by atoms with Gasteiger partial charge in [-0.1, -0.05) is 12.8 Å². The van der Waals surface area contributed by atoms with E-state index in [4.69, 9.17) is 0 Å². The fourth-order valence-electron chi connectivity index (χ4n) is 3.54. The lowest BCUT2D eigenvalue weighted by Crippen LogP contribution is -2.28. The monoisotopic (exact) mass is 332 g/mol. The Morgan fingerprint density at radius 1 is 1.09 bits per heavy atom. The Balaban J connectivity index is 1.40. The highest BCUT2D eigenvalue weighted by molar-refractivity contribution is 8.00. The molecule has 1 aromatic carbocycles. The zero-order valence-electron chi connectivity index (χ0n) is 13.9. The van der Waals surface area contributed by atoms with Crippen LogP contribution < -0.4 is 10.6 Å². The van der Waals surface area contributed by atoms with Crippen LogP contribution in [0.1, 0.15) is 51.4 Å². The minimum atomic E-state index is 0.153. The molecule has 0 bridgehead atoms. The van der Waals surface area contributed by atoms with Crippen molar-refractivity contribution in [2.75, 3.05) is 18.4 Å². The standard InChI is InChI=1S/C19H28N2OS/c22-19(10-5-15-11-13-20-14-12-15)21-16-6-8-18(9-7-16)23-17-3-1-2-4-17/h6-9,15,17,20H,1-5,10-14H2,(H,21,22). The Morgan fingerprint density at radius 2 is 1.78 bits per heavy atom. The van der Waals surface area contributed by atoms with E-state index in [9.17, 15) is 4.79 Å². The van der Waals surface area contributed by atoms with Gasteiger partial charge in [-0.25, -0.2) is 0 Å². The Kier molecular flexibility index (Phi) is 6.40. The molecule has 3 rings (SSSR count). The molecule has 0 atom stereocenters. The maximum absolute atomic E-state index is 12.1. The first kappa shape index (κ1) is 16.8. The van der Waals surface area contributed by atoms with Crippen LogP contribution >= 0.6 is 11.8 Å². The van der Waals surface area contributed by atoms with Crippen LogP contribution in [0.5, 0.6) is 0 Å². The molecule has 4 heteroatoms. The lowest BCUT2D eigenvalue weighted by molar-refractivity contribution is -0.116. The minimum absolute atomic E-state index is 0.153. The highest BCUT2D eigenvalue weighted by Gasteiger charge is 2.16. The van der Waals surface area contributed by atoms with Gasteiger partial charge < -0.3 is 10.6 Å². The van der Waals surface area contributed by atoms with Gasteiger partial charge in [0.1, 0.15) is 0 Å². The van der Waals surface area contributed by atoms with Crippen molar-refractivity contribution in [3.05, 3.63) is 24.3 Å². The van der Waals surface area contributed by atoms with Crippen LogP contribution in [0.3, 0.4) is 0 Å². The van der Waals surface area contributed by atoms with E-state index >= 15 is 0 Å². The summed E-state index contributed by atoms with van der Waals surface area (Å²) < 4.78 is 0. The molecule has 1 saturated carbocycles. The maximum Gasteiger partial charge on any atom is 0.224 e. The predicted molar refractivity (Wildman–Crippen MR) is 98.0 cm³/mol. The van der Waals surface area contributed by atoms with Gasteiger partial charge in [0.05, 0.1) is 0 Å². The molecule has 1 heterocycles. The molecule has 1 amide bonds. The average Bonchev–Trinajstić information content (AvgIpc) is 3.09. The van der Waals surface area contributed by atoms with Crippen LogP contribution in [0.4, 0.5) is 5.69 Å². The van der Waals surface area contributed by atoms with Crippen molar-refractivity contribution < 1.29 is 4.79 Å². The van der Waals surface area contributed by atoms with E-state index in [0.717, 1.165) is 30.4 Å². The van der Waals surface area contributed by atoms with Crippen molar-refractivity contribution in [1.82, 2.24) is 5.32 Å². The van der Waals surface area contributed by atoms with Gasteiger partial charge in [-0.05, 0) is 75.4 Å². The van der Waals surface area contributed by atoms with Crippen molar-refractivity contribution in [2.24, 2.45) is 5.92 Å². The third-order valence-corrected chi connectivity index (χ3v) is 6.33. The number of hydrogen-bond donors (Lipinski definition) is 2. The predicted octanol–water partition coefficient (Wildman–Crippen LogP) is 4.44. The van der Waals surface area contributed by atoms with Gasteiger partial charge in [0, 0.05) is 22.3 Å². The number of hydrogen-bond acceptors (Lipinski definition) is 3. The fraction of sp³-hybridized carbons (Fsp3) is 0.632. The van der Waals surface area contributed by atoms with Crippen molar-refractivity contribution >= 4 is 23.4 Å². The molecule has 2 N–H and O–H groups in total. The van der Waals surface area contributed by atoms with Crippen molar-refractivity contribution in [3.8, 4) is 0 Å². The summed E-state index contributed by atoms with van der Waals surface area (Å²) in [6.45, 7) is 2.21. The third kappa shape index (κ3) is 5.54. The number of benzene rings is 1. The minimum Gasteiger partial charge on any atom is -0.326 e. The molecule has 1 saturated heterocycles. The SMILES string of the molecule is O=C(CCC1CCNCC1)Nc1ccc(SC2CCCC2)cc1. The van der Waals surface area contributed by atoms with Crippen LogP contribution in [-0.2, 0) is 4.79 Å². The molecule has 3 nitrogen and oxygen atoms in total. The second kappa shape index (κ2) is 8.74. The first-order chi connectivity index (χ1) is 11.3. The van der Waals surface area contributed by atoms with Gasteiger partial charge >= 0.3 is 0 Å². The van der Waals surface area contributed by atoms with Crippen LogP contribution in [0, 0.1) is 5.92 Å². The maximum atomic E-state index is 12.1. The van der Waals surface area contributed by atoms with Crippen molar-refractivity contribution in [1.29, 1.82) is 0 Å². The topological polar surface area (TPSA) is 41.1 Å². The first-order valence-electron chi connectivity index (χ1n) is 9.07. The van der Waals surface area contributed by atoms with Gasteiger partial charge in [0.2, 0.25) is 5.91 Å². The van der Waals surface area contributed by atoms with E-state index in [2.05, 4.69) is 22.8 Å². The molecule has 0 unspecified atom stereocenters. The van der Waals surface area contributed by atoms with E-state index in [1.807, 2.05) is 23.9 Å². The van der Waals surface area contributed by atoms with Crippen molar-refractivity contribution in [2.45, 2.75) is 61.5 Å². The van der Waals surface area contributed by atoms with Crippen LogP contribution in [0.15, 0.2) is 29.2 Å². The van der Waals surface area contributed by atoms with E-state index in [-0.39, 0.29) is 5.91 Å². The molecule has 2 fully saturated rings. The highest BCUT2D eigenvalue weighted by Crippen LogP contribution is 2.34. The highest BCUT2D eigenvalue weighted by atomic mass is 32.2. The number of piperidine rings is 1. The number of carbonyl (C=O) groups excluding carboxylic acids is 1. The lowest BCUT2D eigenvalue weighted by atomic mass is 9.93. The van der Waals surface area contributed by atoms with Crippen LogP contribution in [0.25, 0.3) is 0 Å². The molecular weight excluding hydrogens is 304 g/mol. The zero-order valence-corrected chi connectivity index (χ0v) is 14.7. The molecular formula is C19H28N2OS. The second-order valence-electron chi connectivity index (χ2n) is 6.83. The Labute approximate surface area is 144 Å². The largest absolute Gasteiger partial charge is 0.326 e. The molecule has 0 aromatic heterocycles. The smallest absolute Gasteiger partial charge is 0.224 e. The molecule has 2 aliphatic rings. The van der Waals surface area contributed by atoms with Crippen LogP contribution in [0.2, 0.25) is 0 Å². The van der Waals surface area contributed by atoms with Gasteiger partial charge in [0.25, 0.3) is 0 Å². The molecule has 126 valence electrons. The summed E-state index contributed by atoms with van der Waals surface area (Å²) in [5, 5.41) is 7.20. The molecule has 23 heavy (non-hydrogen) atoms. The Morgan fingerprint density at radius 3 is 2.48 bits per heavy atom. The summed E-state index contributed by atoms with van der Waals surface area (Å²) in [6, 6.07) is 8.37. The quantitative estimate of drug-likeness (QED) is 0.809. The number of rotatable bonds is 6. The van der Waals surface area contributed by atoms with E-state index in [0.29, 0.717) is 12.3 Å². The average molecular weight is 333 g/mol. The summed E-state index contributed by atoms with van der Waals surface area (Å²) >= 11 is 1.99. The number of amides is 1. The number of thioether (sulfide) groups is 1. The summed E-state index contributed by atoms with van der Waals surface area (Å²) in [5.41, 5.74) is 0.927. The molecule has 0 spiro atoms. The number of carbonyl (C=O) groups is 1. The summed E-state index contributed by atoms with van der Waals surface area (Å²) in [5.74, 6) is 0.868. The van der Waals surface area contributed by atoms with E-state index in [1.165, 1.54) is 43.4 Å². The number of nitrogens with one attached hydrogen (secondary N) is 2. The molecule has 1 aliphatic heterocycles. The zero-order chi connectivity index (χ0) is 15.9. The number of anilines is 1. The normalized spacial score (nSPS) is 19.8. The van der Waals surface area contributed by atoms with Crippen LogP contribution in [-0.4, -0.2) is 24.2 Å². The first-order valence-corrected chi connectivity index (χ1v) is 9.95. The van der Waals surface area contributed by atoms with Gasteiger partial charge in [-0.3, -0.25) is 4.79 Å². The third-order valence-electron chi connectivity index (χ3n) is 4.98. The molecule has 1 aromatic rings. The second-order valence-corrected chi connectivity index (χ2v) is 8.20. The Bertz CT molecular complexity index is 491. The Hall–Kier alpha value is -1.00.